The van der Waals surface area contributed by atoms with Gasteiger partial charge in [-0.1, -0.05) is 52.3 Å². The SMILES string of the molecule is C[C@@H](NCc1csc2ccccc12)c1ccccc1Br. The normalized spacial score (nSPS) is 12.7. The van der Waals surface area contributed by atoms with E-state index in [2.05, 4.69) is 76.0 Å². The lowest BCUT2D eigenvalue weighted by Crippen LogP contribution is -2.18. The highest BCUT2D eigenvalue weighted by atomic mass is 79.9. The molecule has 2 aromatic carbocycles. The third kappa shape index (κ3) is 2.80. The van der Waals surface area contributed by atoms with Crippen LogP contribution in [-0.2, 0) is 6.54 Å². The van der Waals surface area contributed by atoms with Crippen LogP contribution in [0, 0.1) is 0 Å². The summed E-state index contributed by atoms with van der Waals surface area (Å²) in [5, 5.41) is 7.23. The van der Waals surface area contributed by atoms with E-state index in [0.29, 0.717) is 6.04 Å². The number of hydrogen-bond donors (Lipinski definition) is 1. The molecule has 1 aromatic heterocycles. The van der Waals surface area contributed by atoms with Gasteiger partial charge in [-0.2, -0.15) is 0 Å². The summed E-state index contributed by atoms with van der Waals surface area (Å²) in [4.78, 5) is 0. The van der Waals surface area contributed by atoms with Crippen LogP contribution in [0.3, 0.4) is 0 Å². The largest absolute Gasteiger partial charge is 0.306 e. The van der Waals surface area contributed by atoms with E-state index >= 15 is 0 Å². The standard InChI is InChI=1S/C17H16BrNS/c1-12(14-6-2-4-8-16(14)18)19-10-13-11-20-17-9-5-3-7-15(13)17/h2-9,11-12,19H,10H2,1H3/t12-/m1/s1. The Morgan fingerprint density at radius 3 is 2.70 bits per heavy atom. The lowest BCUT2D eigenvalue weighted by atomic mass is 10.1. The Labute approximate surface area is 131 Å². The molecule has 0 saturated carbocycles. The van der Waals surface area contributed by atoms with E-state index in [1.807, 2.05) is 17.4 Å². The molecule has 3 rings (SSSR count). The second-order valence-corrected chi connectivity index (χ2v) is 6.65. The molecule has 0 aliphatic heterocycles. The van der Waals surface area contributed by atoms with Gasteiger partial charge in [0.25, 0.3) is 0 Å². The van der Waals surface area contributed by atoms with Crippen LogP contribution >= 0.6 is 27.3 Å². The minimum absolute atomic E-state index is 0.323. The molecule has 1 atom stereocenters. The summed E-state index contributed by atoms with van der Waals surface area (Å²) in [5.41, 5.74) is 2.68. The number of fused-ring (bicyclic) bond motifs is 1. The van der Waals surface area contributed by atoms with Gasteiger partial charge in [-0.25, -0.2) is 0 Å². The summed E-state index contributed by atoms with van der Waals surface area (Å²) in [5.74, 6) is 0. The maximum atomic E-state index is 3.62. The summed E-state index contributed by atoms with van der Waals surface area (Å²) in [7, 11) is 0. The number of nitrogens with one attached hydrogen (secondary N) is 1. The van der Waals surface area contributed by atoms with E-state index < -0.39 is 0 Å². The summed E-state index contributed by atoms with van der Waals surface area (Å²) < 4.78 is 2.52. The summed E-state index contributed by atoms with van der Waals surface area (Å²) in [6.07, 6.45) is 0. The van der Waals surface area contributed by atoms with Crippen molar-refractivity contribution >= 4 is 37.4 Å². The summed E-state index contributed by atoms with van der Waals surface area (Å²) in [6, 6.07) is 17.3. The van der Waals surface area contributed by atoms with Crippen molar-refractivity contribution in [1.82, 2.24) is 5.32 Å². The highest BCUT2D eigenvalue weighted by Gasteiger charge is 2.09. The smallest absolute Gasteiger partial charge is 0.0346 e. The Morgan fingerprint density at radius 1 is 1.10 bits per heavy atom. The summed E-state index contributed by atoms with van der Waals surface area (Å²) >= 11 is 5.43. The molecule has 0 radical (unpaired) electrons. The molecule has 0 unspecified atom stereocenters. The molecule has 1 nitrogen and oxygen atoms in total. The Balaban J connectivity index is 1.75. The first-order valence-corrected chi connectivity index (χ1v) is 8.36. The number of hydrogen-bond acceptors (Lipinski definition) is 2. The van der Waals surface area contributed by atoms with E-state index in [1.165, 1.54) is 21.2 Å². The molecule has 1 heterocycles. The van der Waals surface area contributed by atoms with Crippen molar-refractivity contribution in [3.05, 3.63) is 69.5 Å². The molecule has 0 amide bonds. The molecular formula is C17H16BrNS. The minimum atomic E-state index is 0.323. The molecule has 0 fully saturated rings. The van der Waals surface area contributed by atoms with Crippen molar-refractivity contribution in [2.24, 2.45) is 0 Å². The van der Waals surface area contributed by atoms with Crippen molar-refractivity contribution < 1.29 is 0 Å². The van der Waals surface area contributed by atoms with Gasteiger partial charge in [0, 0.05) is 21.8 Å². The van der Waals surface area contributed by atoms with Crippen molar-refractivity contribution in [2.75, 3.05) is 0 Å². The van der Waals surface area contributed by atoms with Crippen LogP contribution in [0.5, 0.6) is 0 Å². The van der Waals surface area contributed by atoms with Crippen LogP contribution in [-0.4, -0.2) is 0 Å². The Kier molecular flexibility index (Phi) is 4.20. The van der Waals surface area contributed by atoms with E-state index in [0.717, 1.165) is 11.0 Å². The average molecular weight is 346 g/mol. The number of rotatable bonds is 4. The zero-order valence-corrected chi connectivity index (χ0v) is 13.7. The van der Waals surface area contributed by atoms with Gasteiger partial charge in [0.15, 0.2) is 0 Å². The fraction of sp³-hybridized carbons (Fsp3) is 0.176. The zero-order chi connectivity index (χ0) is 13.9. The second kappa shape index (κ2) is 6.08. The van der Waals surface area contributed by atoms with Crippen LogP contribution in [0.2, 0.25) is 0 Å². The van der Waals surface area contributed by atoms with Gasteiger partial charge in [-0.3, -0.25) is 0 Å². The molecule has 102 valence electrons. The van der Waals surface area contributed by atoms with Gasteiger partial charge in [0.05, 0.1) is 0 Å². The summed E-state index contributed by atoms with van der Waals surface area (Å²) in [6.45, 7) is 3.10. The van der Waals surface area contributed by atoms with E-state index in [9.17, 15) is 0 Å². The molecule has 0 aliphatic carbocycles. The van der Waals surface area contributed by atoms with Gasteiger partial charge in [-0.15, -0.1) is 11.3 Å². The number of halogens is 1. The van der Waals surface area contributed by atoms with Gasteiger partial charge in [0.2, 0.25) is 0 Å². The molecule has 0 spiro atoms. The van der Waals surface area contributed by atoms with Gasteiger partial charge >= 0.3 is 0 Å². The second-order valence-electron chi connectivity index (χ2n) is 4.88. The number of benzene rings is 2. The molecule has 3 aromatic rings. The van der Waals surface area contributed by atoms with Crippen LogP contribution < -0.4 is 5.32 Å². The van der Waals surface area contributed by atoms with Gasteiger partial charge in [0.1, 0.15) is 0 Å². The molecule has 20 heavy (non-hydrogen) atoms. The highest BCUT2D eigenvalue weighted by Crippen LogP contribution is 2.27. The fourth-order valence-corrected chi connectivity index (χ4v) is 3.96. The Hall–Kier alpha value is -1.16. The van der Waals surface area contributed by atoms with Crippen molar-refractivity contribution in [2.45, 2.75) is 19.5 Å². The topological polar surface area (TPSA) is 12.0 Å². The maximum Gasteiger partial charge on any atom is 0.0346 e. The molecule has 0 bridgehead atoms. The molecular weight excluding hydrogens is 330 g/mol. The van der Waals surface area contributed by atoms with Crippen molar-refractivity contribution in [3.63, 3.8) is 0 Å². The Morgan fingerprint density at radius 2 is 1.85 bits per heavy atom. The molecule has 1 N–H and O–H groups in total. The predicted octanol–water partition coefficient (Wildman–Crippen LogP) is 5.51. The van der Waals surface area contributed by atoms with Crippen molar-refractivity contribution in [1.29, 1.82) is 0 Å². The third-order valence-corrected chi connectivity index (χ3v) is 5.27. The molecule has 3 heteroatoms. The van der Waals surface area contributed by atoms with Gasteiger partial charge in [-0.05, 0) is 40.9 Å². The first-order chi connectivity index (χ1) is 9.75. The Bertz CT molecular complexity index is 720. The maximum absolute atomic E-state index is 3.62. The first kappa shape index (κ1) is 13.8. The van der Waals surface area contributed by atoms with Crippen LogP contribution in [0.15, 0.2) is 58.4 Å². The quantitative estimate of drug-likeness (QED) is 0.656. The lowest BCUT2D eigenvalue weighted by Gasteiger charge is -2.15. The van der Waals surface area contributed by atoms with Crippen LogP contribution in [0.25, 0.3) is 10.1 Å². The lowest BCUT2D eigenvalue weighted by molar-refractivity contribution is 0.575. The van der Waals surface area contributed by atoms with Crippen LogP contribution in [0.4, 0.5) is 0 Å². The minimum Gasteiger partial charge on any atom is -0.306 e. The van der Waals surface area contributed by atoms with Gasteiger partial charge < -0.3 is 5.32 Å². The average Bonchev–Trinajstić information content (AvgIpc) is 2.88. The van der Waals surface area contributed by atoms with Crippen molar-refractivity contribution in [3.8, 4) is 0 Å². The zero-order valence-electron chi connectivity index (χ0n) is 11.3. The van der Waals surface area contributed by atoms with E-state index in [-0.39, 0.29) is 0 Å². The fourth-order valence-electron chi connectivity index (χ4n) is 2.37. The van der Waals surface area contributed by atoms with E-state index in [4.69, 9.17) is 0 Å². The monoisotopic (exact) mass is 345 g/mol. The molecule has 0 aliphatic rings. The highest BCUT2D eigenvalue weighted by molar-refractivity contribution is 9.10. The molecule has 0 saturated heterocycles. The van der Waals surface area contributed by atoms with E-state index in [1.54, 1.807) is 0 Å². The number of thiophene rings is 1. The predicted molar refractivity (Wildman–Crippen MR) is 91.2 cm³/mol. The first-order valence-electron chi connectivity index (χ1n) is 6.68. The van der Waals surface area contributed by atoms with Crippen LogP contribution in [0.1, 0.15) is 24.1 Å². The third-order valence-electron chi connectivity index (χ3n) is 3.53.